The maximum Gasteiger partial charge on any atom is 0.350 e. The van der Waals surface area contributed by atoms with Crippen LogP contribution in [0.3, 0.4) is 0 Å². The number of carbonyl (C=O) groups is 1. The topological polar surface area (TPSA) is 78.8 Å². The Hall–Kier alpha value is -1.24. The number of aromatic nitrogens is 1. The van der Waals surface area contributed by atoms with Gasteiger partial charge in [-0.25, -0.2) is 9.78 Å². The summed E-state index contributed by atoms with van der Waals surface area (Å²) in [5.74, 6) is 0.379. The van der Waals surface area contributed by atoms with E-state index < -0.39 is 0 Å². The summed E-state index contributed by atoms with van der Waals surface area (Å²) in [5.41, 5.74) is 0.695. The van der Waals surface area contributed by atoms with Gasteiger partial charge in [0.15, 0.2) is 5.96 Å². The number of aliphatic imine (C=N–C) groups is 1. The van der Waals surface area contributed by atoms with Gasteiger partial charge in [-0.15, -0.1) is 46.7 Å². The smallest absolute Gasteiger partial charge is 0.350 e. The molecule has 2 N–H and O–H groups in total. The molecule has 7 nitrogen and oxygen atoms in total. The molecule has 0 saturated carbocycles. The van der Waals surface area contributed by atoms with Gasteiger partial charge >= 0.3 is 5.97 Å². The molecule has 0 aliphatic rings. The van der Waals surface area contributed by atoms with Gasteiger partial charge in [-0.1, -0.05) is 6.07 Å². The maximum absolute atomic E-state index is 12.0. The molecule has 0 radical (unpaired) electrons. The highest BCUT2D eigenvalue weighted by atomic mass is 127. The van der Waals surface area contributed by atoms with E-state index in [-0.39, 0.29) is 42.0 Å². The van der Waals surface area contributed by atoms with Crippen molar-refractivity contribution in [1.82, 2.24) is 20.5 Å². The highest BCUT2D eigenvalue weighted by Gasteiger charge is 2.21. The molecule has 2 aromatic rings. The van der Waals surface area contributed by atoms with Gasteiger partial charge in [-0.2, -0.15) is 0 Å². The van der Waals surface area contributed by atoms with Crippen LogP contribution in [-0.2, 0) is 4.74 Å². The number of carbonyl (C=O) groups excluding carboxylic acids is 1. The molecule has 2 aromatic heterocycles. The lowest BCUT2D eigenvalue weighted by atomic mass is 10.2. The van der Waals surface area contributed by atoms with E-state index in [1.807, 2.05) is 13.8 Å². The summed E-state index contributed by atoms with van der Waals surface area (Å²) < 4.78 is 5.10. The van der Waals surface area contributed by atoms with Crippen LogP contribution >= 0.6 is 46.7 Å². The first-order valence-electron chi connectivity index (χ1n) is 9.18. The molecule has 0 saturated heterocycles. The third kappa shape index (κ3) is 7.19. The molecule has 2 atom stereocenters. The lowest BCUT2D eigenvalue weighted by Gasteiger charge is -2.25. The summed E-state index contributed by atoms with van der Waals surface area (Å²) in [7, 11) is 5.88. The Morgan fingerprint density at radius 1 is 1.41 bits per heavy atom. The number of guanidine groups is 1. The molecule has 2 unspecified atom stereocenters. The summed E-state index contributed by atoms with van der Waals surface area (Å²) >= 11 is 3.10. The zero-order valence-corrected chi connectivity index (χ0v) is 21.6. The number of thiophene rings is 1. The molecule has 2 heterocycles. The molecule has 0 aliphatic carbocycles. The van der Waals surface area contributed by atoms with Crippen LogP contribution in [0.2, 0.25) is 0 Å². The zero-order valence-electron chi connectivity index (χ0n) is 17.7. The van der Waals surface area contributed by atoms with Crippen LogP contribution in [-0.4, -0.2) is 56.1 Å². The van der Waals surface area contributed by atoms with Crippen molar-refractivity contribution in [3.05, 3.63) is 38.0 Å². The number of thiazole rings is 1. The minimum absolute atomic E-state index is 0. The number of nitrogens with one attached hydrogen (secondary N) is 2. The monoisotopic (exact) mass is 551 g/mol. The maximum atomic E-state index is 12.0. The third-order valence-corrected chi connectivity index (χ3v) is 6.47. The number of hydrogen-bond acceptors (Lipinski definition) is 7. The zero-order chi connectivity index (χ0) is 20.7. The quantitative estimate of drug-likeness (QED) is 0.225. The number of halogens is 1. The summed E-state index contributed by atoms with van der Waals surface area (Å²) in [6.07, 6.45) is 0. The molecule has 2 rings (SSSR count). The fourth-order valence-corrected chi connectivity index (χ4v) is 4.55. The van der Waals surface area contributed by atoms with Crippen LogP contribution in [0.15, 0.2) is 22.5 Å². The number of likely N-dealkylation sites (N-methyl/N-ethyl adjacent to an activating group) is 1. The molecule has 0 aromatic carbocycles. The van der Waals surface area contributed by atoms with Crippen LogP contribution in [0.5, 0.6) is 0 Å². The van der Waals surface area contributed by atoms with Crippen LogP contribution < -0.4 is 10.6 Å². The lowest BCUT2D eigenvalue weighted by molar-refractivity contribution is 0.0531. The Kier molecular flexibility index (Phi) is 11.1. The highest BCUT2D eigenvalue weighted by Crippen LogP contribution is 2.25. The third-order valence-electron chi connectivity index (χ3n) is 4.18. The second kappa shape index (κ2) is 12.5. The fourth-order valence-electron chi connectivity index (χ4n) is 2.66. The van der Waals surface area contributed by atoms with Crippen LogP contribution in [0.1, 0.15) is 51.2 Å². The molecule has 10 heteroatoms. The summed E-state index contributed by atoms with van der Waals surface area (Å²) in [6, 6.07) is 4.38. The van der Waals surface area contributed by atoms with E-state index in [4.69, 9.17) is 4.74 Å². The van der Waals surface area contributed by atoms with Crippen LogP contribution in [0, 0.1) is 6.92 Å². The first-order chi connectivity index (χ1) is 13.4. The fraction of sp³-hybridized carbons (Fsp3) is 0.526. The predicted octanol–water partition coefficient (Wildman–Crippen LogP) is 3.84. The van der Waals surface area contributed by atoms with Crippen LogP contribution in [0.4, 0.5) is 0 Å². The van der Waals surface area contributed by atoms with E-state index >= 15 is 0 Å². The average Bonchev–Trinajstić information content (AvgIpc) is 3.30. The number of aryl methyl sites for hydroxylation is 1. The van der Waals surface area contributed by atoms with Crippen molar-refractivity contribution in [1.29, 1.82) is 0 Å². The Labute approximate surface area is 198 Å². The predicted molar refractivity (Wildman–Crippen MR) is 132 cm³/mol. The Balaban J connectivity index is 0.00000420. The molecule has 0 amide bonds. The van der Waals surface area contributed by atoms with Crippen molar-refractivity contribution < 1.29 is 9.53 Å². The van der Waals surface area contributed by atoms with Crippen molar-refractivity contribution in [2.24, 2.45) is 4.99 Å². The normalized spacial score (nSPS) is 13.6. The van der Waals surface area contributed by atoms with E-state index in [9.17, 15) is 4.79 Å². The van der Waals surface area contributed by atoms with Crippen molar-refractivity contribution in [2.75, 3.05) is 34.3 Å². The minimum Gasteiger partial charge on any atom is -0.462 e. The molecular formula is C19H30IN5O2S2. The summed E-state index contributed by atoms with van der Waals surface area (Å²) in [5, 5.41) is 9.66. The molecule has 29 heavy (non-hydrogen) atoms. The van der Waals surface area contributed by atoms with Gasteiger partial charge in [-0.3, -0.25) is 4.99 Å². The molecule has 162 valence electrons. The van der Waals surface area contributed by atoms with Gasteiger partial charge in [0.2, 0.25) is 0 Å². The number of ether oxygens (including phenoxy) is 1. The van der Waals surface area contributed by atoms with Crippen molar-refractivity contribution in [3.8, 4) is 0 Å². The minimum atomic E-state index is -0.316. The average molecular weight is 552 g/mol. The van der Waals surface area contributed by atoms with Gasteiger partial charge in [0.1, 0.15) is 9.88 Å². The molecule has 0 bridgehead atoms. The molecular weight excluding hydrogens is 521 g/mol. The number of hydrogen-bond donors (Lipinski definition) is 2. The SMILES string of the molecule is CCOC(=O)c1sc(C(C)NC(=NC)NCC(c2cccs2)N(C)C)nc1C.I. The van der Waals surface area contributed by atoms with E-state index in [0.717, 1.165) is 11.6 Å². The molecule has 0 fully saturated rings. The second-order valence-electron chi connectivity index (χ2n) is 6.50. The van der Waals surface area contributed by atoms with Crippen LogP contribution in [0.25, 0.3) is 0 Å². The first-order valence-corrected chi connectivity index (χ1v) is 10.9. The van der Waals surface area contributed by atoms with Crippen molar-refractivity contribution in [3.63, 3.8) is 0 Å². The Bertz CT molecular complexity index is 793. The van der Waals surface area contributed by atoms with E-state index in [2.05, 4.69) is 57.1 Å². The van der Waals surface area contributed by atoms with Gasteiger partial charge in [0.25, 0.3) is 0 Å². The highest BCUT2D eigenvalue weighted by molar-refractivity contribution is 14.0. The van der Waals surface area contributed by atoms with Gasteiger partial charge in [-0.05, 0) is 46.3 Å². The van der Waals surface area contributed by atoms with E-state index in [1.165, 1.54) is 16.2 Å². The van der Waals surface area contributed by atoms with E-state index in [0.29, 0.717) is 23.1 Å². The number of nitrogens with zero attached hydrogens (tertiary/aromatic N) is 3. The largest absolute Gasteiger partial charge is 0.462 e. The summed E-state index contributed by atoms with van der Waals surface area (Å²) in [4.78, 5) is 24.9. The van der Waals surface area contributed by atoms with Gasteiger partial charge < -0.3 is 20.3 Å². The Morgan fingerprint density at radius 2 is 2.14 bits per heavy atom. The van der Waals surface area contributed by atoms with Crippen molar-refractivity contribution >= 4 is 58.6 Å². The van der Waals surface area contributed by atoms with Gasteiger partial charge in [0, 0.05) is 18.5 Å². The van der Waals surface area contributed by atoms with Crippen molar-refractivity contribution in [2.45, 2.75) is 32.9 Å². The summed E-state index contributed by atoms with van der Waals surface area (Å²) in [6.45, 7) is 6.71. The van der Waals surface area contributed by atoms with Gasteiger partial charge in [0.05, 0.1) is 24.4 Å². The first kappa shape index (κ1) is 25.8. The lowest BCUT2D eigenvalue weighted by Crippen LogP contribution is -2.42. The number of rotatable bonds is 8. The standard InChI is InChI=1S/C19H29N5O2S2.HI/c1-7-26-18(25)16-12(2)22-17(28-16)13(3)23-19(20-4)21-11-14(24(5)6)15-9-8-10-27-15;/h8-10,13-14H,7,11H2,1-6H3,(H2,20,21,23);1H. The second-order valence-corrected chi connectivity index (χ2v) is 8.51. The Morgan fingerprint density at radius 3 is 2.69 bits per heavy atom. The molecule has 0 spiro atoms. The number of esters is 1. The molecule has 0 aliphatic heterocycles. The van der Waals surface area contributed by atoms with E-state index in [1.54, 1.807) is 25.3 Å².